The van der Waals surface area contributed by atoms with Crippen molar-refractivity contribution in [2.45, 2.75) is 251 Å². The first kappa shape index (κ1) is 73.2. The third-order valence-corrected chi connectivity index (χ3v) is 13.5. The van der Waals surface area contributed by atoms with Crippen LogP contribution in [0.5, 0.6) is 0 Å². The van der Waals surface area contributed by atoms with Crippen LogP contribution in [0.1, 0.15) is 245 Å². The summed E-state index contributed by atoms with van der Waals surface area (Å²) in [6.07, 6.45) is 86.5. The lowest BCUT2D eigenvalue weighted by molar-refractivity contribution is -0.161. The first-order valence-electron chi connectivity index (χ1n) is 30.7. The fourth-order valence-electron chi connectivity index (χ4n) is 8.01. The van der Waals surface area contributed by atoms with Gasteiger partial charge in [0.15, 0.2) is 6.10 Å². The molecule has 0 amide bonds. The smallest absolute Gasteiger partial charge is 0.462 e. The monoisotopic (exact) mass is 1090 g/mol. The summed E-state index contributed by atoms with van der Waals surface area (Å²) in [4.78, 5) is 35.2. The molecule has 0 aliphatic carbocycles. The highest BCUT2D eigenvalue weighted by molar-refractivity contribution is 7.47. The van der Waals surface area contributed by atoms with Crippen molar-refractivity contribution < 1.29 is 37.6 Å². The first-order valence-corrected chi connectivity index (χ1v) is 32.2. The summed E-state index contributed by atoms with van der Waals surface area (Å²) in [5, 5.41) is 0. The topological polar surface area (TPSA) is 134 Å². The molecule has 2 atom stereocenters. The summed E-state index contributed by atoms with van der Waals surface area (Å²) in [6, 6.07) is 0. The molecule has 0 saturated heterocycles. The van der Waals surface area contributed by atoms with E-state index >= 15 is 0 Å². The van der Waals surface area contributed by atoms with Gasteiger partial charge in [-0.15, -0.1) is 0 Å². The molecule has 0 fully saturated rings. The van der Waals surface area contributed by atoms with Gasteiger partial charge in [0.25, 0.3) is 0 Å². The number of hydrogen-bond donors (Lipinski definition) is 2. The molecule has 0 rings (SSSR count). The van der Waals surface area contributed by atoms with Crippen LogP contribution in [0.2, 0.25) is 0 Å². The number of carbonyl (C=O) groups excluding carboxylic acids is 2. The molecule has 3 N–H and O–H groups in total. The van der Waals surface area contributed by atoms with Gasteiger partial charge in [-0.2, -0.15) is 0 Å². The normalized spacial score (nSPS) is 14.0. The second kappa shape index (κ2) is 61.4. The third kappa shape index (κ3) is 61.2. The van der Waals surface area contributed by atoms with Crippen LogP contribution in [0.25, 0.3) is 0 Å². The van der Waals surface area contributed by atoms with Crippen LogP contribution in [0, 0.1) is 0 Å². The Bertz CT molecular complexity index is 1720. The maximum absolute atomic E-state index is 12.7. The molecule has 9 nitrogen and oxygen atoms in total. The molecule has 0 heterocycles. The SMILES string of the molecule is CC/C=C\C/C=C\C/C=C\C/C=C\C/C=C\C/C=C\C/C=C\C/C=C\C/C=C\CCCCCC(=O)OC(COC(=O)CCCCCCCCCCCCCCC/C=C\C/C=C\CCCCCCC)COP(=O)(O)OCCN. The molecule has 438 valence electrons. The number of ether oxygens (including phenoxy) is 2. The van der Waals surface area contributed by atoms with Crippen LogP contribution >= 0.6 is 7.82 Å². The van der Waals surface area contributed by atoms with Gasteiger partial charge in [-0.3, -0.25) is 18.6 Å². The summed E-state index contributed by atoms with van der Waals surface area (Å²) in [7, 11) is -4.41. The number of esters is 2. The maximum Gasteiger partial charge on any atom is 0.472 e. The highest BCUT2D eigenvalue weighted by Crippen LogP contribution is 2.43. The van der Waals surface area contributed by atoms with E-state index in [0.717, 1.165) is 103 Å². The van der Waals surface area contributed by atoms with Gasteiger partial charge in [-0.25, -0.2) is 4.57 Å². The Morgan fingerprint density at radius 2 is 0.714 bits per heavy atom. The van der Waals surface area contributed by atoms with Gasteiger partial charge in [0.1, 0.15) is 6.61 Å². The van der Waals surface area contributed by atoms with Gasteiger partial charge >= 0.3 is 19.8 Å². The zero-order valence-electron chi connectivity index (χ0n) is 48.9. The number of unbranched alkanes of at least 4 members (excludes halogenated alkanes) is 21. The summed E-state index contributed by atoms with van der Waals surface area (Å²) < 4.78 is 33.0. The van der Waals surface area contributed by atoms with E-state index in [1.165, 1.54) is 109 Å². The van der Waals surface area contributed by atoms with Gasteiger partial charge in [0.2, 0.25) is 0 Å². The number of allylic oxidation sites excluding steroid dienone is 22. The Kier molecular flexibility index (Phi) is 58.3. The van der Waals surface area contributed by atoms with E-state index < -0.39 is 32.5 Å². The molecule has 0 aliphatic rings. The van der Waals surface area contributed by atoms with E-state index in [-0.39, 0.29) is 32.6 Å². The largest absolute Gasteiger partial charge is 0.472 e. The predicted molar refractivity (Wildman–Crippen MR) is 330 cm³/mol. The molecule has 0 aliphatic heterocycles. The average Bonchev–Trinajstić information content (AvgIpc) is 3.42. The van der Waals surface area contributed by atoms with E-state index in [1.54, 1.807) is 0 Å². The van der Waals surface area contributed by atoms with Crippen molar-refractivity contribution in [3.05, 3.63) is 134 Å². The molecule has 0 bridgehead atoms. The molecular weight excluding hydrogens is 978 g/mol. The van der Waals surface area contributed by atoms with Crippen molar-refractivity contribution in [2.24, 2.45) is 5.73 Å². The highest BCUT2D eigenvalue weighted by atomic mass is 31.2. The summed E-state index contributed by atoms with van der Waals surface area (Å²) in [6.45, 7) is 3.58. The lowest BCUT2D eigenvalue weighted by Crippen LogP contribution is -2.29. The molecule has 2 unspecified atom stereocenters. The Labute approximate surface area is 472 Å². The summed E-state index contributed by atoms with van der Waals surface area (Å²) in [5.41, 5.74) is 5.38. The zero-order chi connectivity index (χ0) is 55.9. The number of phosphoric ester groups is 1. The summed E-state index contributed by atoms with van der Waals surface area (Å²) in [5.74, 6) is -0.873. The molecule has 77 heavy (non-hydrogen) atoms. The molecule has 0 radical (unpaired) electrons. The van der Waals surface area contributed by atoms with E-state index in [9.17, 15) is 19.0 Å². The lowest BCUT2D eigenvalue weighted by atomic mass is 10.0. The standard InChI is InChI=1S/C67H112NO8P/c1-3-5-7-9-11-13-15-17-19-21-23-25-27-29-30-31-32-33-34-36-38-40-42-44-46-48-50-52-54-56-58-60-67(70)76-65(64-75-77(71,72)74-62-61-68)63-73-66(69)59-57-55-53-51-49-47-45-43-41-39-37-35-28-26-24-22-20-18-16-14-12-10-8-6-4-2/h5,7,11,13,16-19,22-25,29-30,32-33,36,38,42,44,48,50,65H,3-4,6,8-10,12,14-15,20-21,26-28,31,34-35,37,39-41,43,45-47,49,51-64,68H2,1-2H3,(H,71,72)/b7-5-,13-11-,18-16-,19-17-,24-22-,25-23-,30-29-,33-32-,38-36-,44-42-,50-48-. The van der Waals surface area contributed by atoms with Crippen molar-refractivity contribution in [1.29, 1.82) is 0 Å². The first-order chi connectivity index (χ1) is 37.8. The van der Waals surface area contributed by atoms with Crippen molar-refractivity contribution >= 4 is 19.8 Å². The van der Waals surface area contributed by atoms with Gasteiger partial charge in [0.05, 0.1) is 13.2 Å². The predicted octanol–water partition coefficient (Wildman–Crippen LogP) is 19.7. The molecule has 0 aromatic carbocycles. The van der Waals surface area contributed by atoms with Crippen LogP contribution < -0.4 is 5.73 Å². The van der Waals surface area contributed by atoms with E-state index in [2.05, 4.69) is 148 Å². The van der Waals surface area contributed by atoms with Crippen molar-refractivity contribution in [3.8, 4) is 0 Å². The number of hydrogen-bond acceptors (Lipinski definition) is 8. The molecule has 0 saturated carbocycles. The molecule has 0 aromatic rings. The number of carbonyl (C=O) groups is 2. The fraction of sp³-hybridized carbons (Fsp3) is 0.642. The summed E-state index contributed by atoms with van der Waals surface area (Å²) >= 11 is 0. The second-order valence-electron chi connectivity index (χ2n) is 19.8. The van der Waals surface area contributed by atoms with Crippen LogP contribution in [0.3, 0.4) is 0 Å². The second-order valence-corrected chi connectivity index (χ2v) is 21.3. The Morgan fingerprint density at radius 3 is 1.08 bits per heavy atom. The van der Waals surface area contributed by atoms with Crippen molar-refractivity contribution in [1.82, 2.24) is 0 Å². The average molecular weight is 1090 g/mol. The lowest BCUT2D eigenvalue weighted by Gasteiger charge is -2.19. The molecule has 10 heteroatoms. The van der Waals surface area contributed by atoms with E-state index in [0.29, 0.717) is 6.42 Å². The Hall–Kier alpha value is -3.85. The number of nitrogens with two attached hydrogens (primary N) is 1. The number of rotatable bonds is 56. The minimum absolute atomic E-state index is 0.0406. The van der Waals surface area contributed by atoms with Crippen LogP contribution in [-0.4, -0.2) is 49.3 Å². The van der Waals surface area contributed by atoms with Gasteiger partial charge in [-0.1, -0.05) is 250 Å². The van der Waals surface area contributed by atoms with Crippen LogP contribution in [-0.2, 0) is 32.7 Å². The van der Waals surface area contributed by atoms with Crippen molar-refractivity contribution in [2.75, 3.05) is 26.4 Å². The third-order valence-electron chi connectivity index (χ3n) is 12.5. The zero-order valence-corrected chi connectivity index (χ0v) is 49.8. The van der Waals surface area contributed by atoms with E-state index in [1.807, 2.05) is 0 Å². The van der Waals surface area contributed by atoms with E-state index in [4.69, 9.17) is 24.3 Å². The molecule has 0 spiro atoms. The van der Waals surface area contributed by atoms with Crippen LogP contribution in [0.15, 0.2) is 134 Å². The fourth-order valence-corrected chi connectivity index (χ4v) is 8.78. The Balaban J connectivity index is 4.08. The minimum Gasteiger partial charge on any atom is -0.462 e. The van der Waals surface area contributed by atoms with Gasteiger partial charge < -0.3 is 20.1 Å². The minimum atomic E-state index is -4.41. The molecular formula is C67H112NO8P. The molecule has 0 aromatic heterocycles. The maximum atomic E-state index is 12.7. The number of phosphoric acid groups is 1. The Morgan fingerprint density at radius 1 is 0.403 bits per heavy atom. The van der Waals surface area contributed by atoms with Gasteiger partial charge in [-0.05, 0) is 116 Å². The van der Waals surface area contributed by atoms with Crippen LogP contribution in [0.4, 0.5) is 0 Å². The quantitative estimate of drug-likeness (QED) is 0.0264. The van der Waals surface area contributed by atoms with Gasteiger partial charge in [0, 0.05) is 19.4 Å². The highest BCUT2D eigenvalue weighted by Gasteiger charge is 2.26. The van der Waals surface area contributed by atoms with Crippen molar-refractivity contribution in [3.63, 3.8) is 0 Å².